The minimum atomic E-state index is -0.360. The number of carbonyl (C=O) groups excluding carboxylic acids is 2. The molecule has 0 bridgehead atoms. The summed E-state index contributed by atoms with van der Waals surface area (Å²) in [5.41, 5.74) is 0.0145. The molecule has 0 aromatic carbocycles. The molecule has 18 heavy (non-hydrogen) atoms. The number of nitrogens with one attached hydrogen (secondary N) is 1. The number of hydrogen-bond acceptors (Lipinski definition) is 3. The molecule has 0 aromatic rings. The van der Waals surface area contributed by atoms with E-state index in [0.29, 0.717) is 6.42 Å². The van der Waals surface area contributed by atoms with Crippen LogP contribution in [0.3, 0.4) is 0 Å². The monoisotopic (exact) mass is 255 g/mol. The molecule has 1 aliphatic heterocycles. The van der Waals surface area contributed by atoms with E-state index in [4.69, 9.17) is 4.74 Å². The Morgan fingerprint density at radius 1 is 1.28 bits per heavy atom. The summed E-state index contributed by atoms with van der Waals surface area (Å²) in [6, 6.07) is -0.360. The van der Waals surface area contributed by atoms with Crippen LogP contribution in [0.5, 0.6) is 0 Å². The Morgan fingerprint density at radius 3 is 2.28 bits per heavy atom. The third kappa shape index (κ3) is 4.41. The largest absolute Gasteiger partial charge is 0.381 e. The number of carbonyl (C=O) groups is 2. The number of ketones is 1. The van der Waals surface area contributed by atoms with Crippen molar-refractivity contribution in [1.29, 1.82) is 0 Å². The molecule has 1 N–H and O–H groups in total. The number of rotatable bonds is 5. The predicted octanol–water partition coefficient (Wildman–Crippen LogP) is 1.92. The Bertz CT molecular complexity index is 306. The van der Waals surface area contributed by atoms with Gasteiger partial charge in [-0.3, -0.25) is 9.59 Å². The highest BCUT2D eigenvalue weighted by Gasteiger charge is 2.31. The summed E-state index contributed by atoms with van der Waals surface area (Å²) in [6.07, 6.45) is 2.30. The van der Waals surface area contributed by atoms with E-state index in [9.17, 15) is 9.59 Å². The highest BCUT2D eigenvalue weighted by molar-refractivity contribution is 5.87. The van der Waals surface area contributed by atoms with Crippen LogP contribution in [-0.2, 0) is 14.3 Å². The Labute approximate surface area is 109 Å². The summed E-state index contributed by atoms with van der Waals surface area (Å²) < 4.78 is 5.32. The maximum atomic E-state index is 12.0. The van der Waals surface area contributed by atoms with Gasteiger partial charge in [-0.2, -0.15) is 0 Å². The van der Waals surface area contributed by atoms with E-state index < -0.39 is 0 Å². The van der Waals surface area contributed by atoms with Crippen molar-refractivity contribution < 1.29 is 14.3 Å². The highest BCUT2D eigenvalue weighted by atomic mass is 16.5. The predicted molar refractivity (Wildman–Crippen MR) is 70.2 cm³/mol. The topological polar surface area (TPSA) is 55.4 Å². The number of hydrogen-bond donors (Lipinski definition) is 1. The van der Waals surface area contributed by atoms with Gasteiger partial charge in [0.05, 0.1) is 6.04 Å². The van der Waals surface area contributed by atoms with Gasteiger partial charge in [-0.15, -0.1) is 0 Å². The average molecular weight is 255 g/mol. The van der Waals surface area contributed by atoms with Crippen LogP contribution in [0.2, 0.25) is 0 Å². The van der Waals surface area contributed by atoms with Crippen molar-refractivity contribution in [3.63, 3.8) is 0 Å². The van der Waals surface area contributed by atoms with Gasteiger partial charge in [0, 0.05) is 19.6 Å². The molecule has 0 aliphatic carbocycles. The van der Waals surface area contributed by atoms with Crippen LogP contribution in [0.4, 0.5) is 0 Å². The van der Waals surface area contributed by atoms with Gasteiger partial charge in [-0.05, 0) is 31.1 Å². The fourth-order valence-corrected chi connectivity index (χ4v) is 2.39. The standard InChI is InChI=1S/C14H25NO3/c1-10(2)13(11(3)16)15-12(17)9-14(4)5-7-18-8-6-14/h10,13H,5-9H2,1-4H3,(H,15,17). The van der Waals surface area contributed by atoms with Crippen molar-refractivity contribution in [3.05, 3.63) is 0 Å². The number of Topliss-reactive ketones (excluding diaryl/α,β-unsaturated/α-hetero) is 1. The van der Waals surface area contributed by atoms with Crippen LogP contribution in [0.15, 0.2) is 0 Å². The van der Waals surface area contributed by atoms with Gasteiger partial charge in [-0.25, -0.2) is 0 Å². The SMILES string of the molecule is CC(=O)C(NC(=O)CC1(C)CCOCC1)C(C)C. The molecule has 1 fully saturated rings. The lowest BCUT2D eigenvalue weighted by molar-refractivity contribution is -0.130. The molecular formula is C14H25NO3. The number of ether oxygens (including phenoxy) is 1. The van der Waals surface area contributed by atoms with Crippen molar-refractivity contribution in [2.24, 2.45) is 11.3 Å². The molecule has 1 aliphatic rings. The Morgan fingerprint density at radius 2 is 1.83 bits per heavy atom. The molecule has 1 amide bonds. The molecule has 4 nitrogen and oxygen atoms in total. The van der Waals surface area contributed by atoms with Crippen molar-refractivity contribution in [1.82, 2.24) is 5.32 Å². The molecule has 4 heteroatoms. The van der Waals surface area contributed by atoms with Crippen LogP contribution in [0.25, 0.3) is 0 Å². The van der Waals surface area contributed by atoms with E-state index in [1.807, 2.05) is 13.8 Å². The van der Waals surface area contributed by atoms with Gasteiger partial charge >= 0.3 is 0 Å². The fourth-order valence-electron chi connectivity index (χ4n) is 2.39. The van der Waals surface area contributed by atoms with Crippen LogP contribution in [0.1, 0.15) is 47.0 Å². The molecule has 0 aromatic heterocycles. The minimum absolute atomic E-state index is 0.0145. The lowest BCUT2D eigenvalue weighted by atomic mass is 9.79. The van der Waals surface area contributed by atoms with Crippen LogP contribution < -0.4 is 5.32 Å². The summed E-state index contributed by atoms with van der Waals surface area (Å²) in [5, 5.41) is 2.86. The zero-order valence-electron chi connectivity index (χ0n) is 11.9. The molecule has 0 spiro atoms. The van der Waals surface area contributed by atoms with Crippen LogP contribution in [-0.4, -0.2) is 30.9 Å². The molecule has 104 valence electrons. The second kappa shape index (κ2) is 6.32. The molecule has 1 heterocycles. The fraction of sp³-hybridized carbons (Fsp3) is 0.857. The van der Waals surface area contributed by atoms with Gasteiger partial charge in [-0.1, -0.05) is 20.8 Å². The first-order valence-electron chi connectivity index (χ1n) is 6.72. The third-order valence-corrected chi connectivity index (χ3v) is 3.71. The van der Waals surface area contributed by atoms with E-state index in [1.54, 1.807) is 0 Å². The van der Waals surface area contributed by atoms with Crippen molar-refractivity contribution >= 4 is 11.7 Å². The van der Waals surface area contributed by atoms with E-state index >= 15 is 0 Å². The molecule has 1 atom stereocenters. The Hall–Kier alpha value is -0.900. The van der Waals surface area contributed by atoms with Gasteiger partial charge in [0.15, 0.2) is 5.78 Å². The van der Waals surface area contributed by atoms with Gasteiger partial charge < -0.3 is 10.1 Å². The molecule has 1 rings (SSSR count). The highest BCUT2D eigenvalue weighted by Crippen LogP contribution is 2.33. The first kappa shape index (κ1) is 15.2. The lowest BCUT2D eigenvalue weighted by Gasteiger charge is -2.33. The number of amides is 1. The lowest BCUT2D eigenvalue weighted by Crippen LogP contribution is -2.45. The molecule has 1 saturated heterocycles. The molecule has 0 saturated carbocycles. The van der Waals surface area contributed by atoms with E-state index in [1.165, 1.54) is 6.92 Å². The maximum Gasteiger partial charge on any atom is 0.221 e. The third-order valence-electron chi connectivity index (χ3n) is 3.71. The smallest absolute Gasteiger partial charge is 0.221 e. The van der Waals surface area contributed by atoms with Crippen LogP contribution >= 0.6 is 0 Å². The van der Waals surface area contributed by atoms with E-state index in [-0.39, 0.29) is 29.1 Å². The minimum Gasteiger partial charge on any atom is -0.381 e. The zero-order chi connectivity index (χ0) is 13.8. The van der Waals surface area contributed by atoms with Crippen LogP contribution in [0, 0.1) is 11.3 Å². The van der Waals surface area contributed by atoms with Gasteiger partial charge in [0.25, 0.3) is 0 Å². The summed E-state index contributed by atoms with van der Waals surface area (Å²) >= 11 is 0. The first-order valence-corrected chi connectivity index (χ1v) is 6.72. The zero-order valence-corrected chi connectivity index (χ0v) is 11.9. The van der Waals surface area contributed by atoms with Crippen molar-refractivity contribution in [3.8, 4) is 0 Å². The van der Waals surface area contributed by atoms with E-state index in [0.717, 1.165) is 26.1 Å². The summed E-state index contributed by atoms with van der Waals surface area (Å²) in [6.45, 7) is 8.99. The van der Waals surface area contributed by atoms with Gasteiger partial charge in [0.2, 0.25) is 5.91 Å². The summed E-state index contributed by atoms with van der Waals surface area (Å²) in [5.74, 6) is 0.137. The normalized spacial score (nSPS) is 20.5. The van der Waals surface area contributed by atoms with Crippen molar-refractivity contribution in [2.45, 2.75) is 53.0 Å². The summed E-state index contributed by atoms with van der Waals surface area (Å²) in [7, 11) is 0. The molecule has 0 radical (unpaired) electrons. The van der Waals surface area contributed by atoms with E-state index in [2.05, 4.69) is 12.2 Å². The molecular weight excluding hydrogens is 230 g/mol. The van der Waals surface area contributed by atoms with Crippen molar-refractivity contribution in [2.75, 3.05) is 13.2 Å². The van der Waals surface area contributed by atoms with Gasteiger partial charge in [0.1, 0.15) is 0 Å². The first-order chi connectivity index (χ1) is 8.34. The second-order valence-electron chi connectivity index (χ2n) is 6.00. The maximum absolute atomic E-state index is 12.0. The molecule has 1 unspecified atom stereocenters. The Kier molecular flexibility index (Phi) is 5.32. The quantitative estimate of drug-likeness (QED) is 0.816. The average Bonchev–Trinajstić information content (AvgIpc) is 2.25. The second-order valence-corrected chi connectivity index (χ2v) is 6.00. The Balaban J connectivity index is 2.52. The summed E-state index contributed by atoms with van der Waals surface area (Å²) in [4.78, 5) is 23.5.